The van der Waals surface area contributed by atoms with Gasteiger partial charge in [0.1, 0.15) is 16.4 Å². The van der Waals surface area contributed by atoms with Gasteiger partial charge in [0.2, 0.25) is 0 Å². The van der Waals surface area contributed by atoms with E-state index in [-0.39, 0.29) is 11.6 Å². The van der Waals surface area contributed by atoms with Crippen LogP contribution in [-0.2, 0) is 37.1 Å². The zero-order valence-corrected chi connectivity index (χ0v) is 19.7. The zero-order chi connectivity index (χ0) is 21.3. The summed E-state index contributed by atoms with van der Waals surface area (Å²) in [5.41, 5.74) is 4.59. The summed E-state index contributed by atoms with van der Waals surface area (Å²) >= 11 is 3.45. The van der Waals surface area contributed by atoms with Gasteiger partial charge in [-0.2, -0.15) is 0 Å². The van der Waals surface area contributed by atoms with Gasteiger partial charge >= 0.3 is 6.03 Å². The molecule has 1 aliphatic carbocycles. The maximum Gasteiger partial charge on any atom is 0.320 e. The molecule has 0 radical (unpaired) electrons. The third kappa shape index (κ3) is 4.74. The lowest BCUT2D eigenvalue weighted by Crippen LogP contribution is -2.29. The van der Waals surface area contributed by atoms with Gasteiger partial charge in [0, 0.05) is 22.8 Å². The van der Waals surface area contributed by atoms with Crippen LogP contribution in [0.15, 0.2) is 12.0 Å². The molecule has 0 saturated heterocycles. The SMILES string of the molecule is C=C(OC(C)(C)C)c1c(NC(=O)NCc2csc3c2CCNC3)sc2c1CCCC2. The van der Waals surface area contributed by atoms with Crippen LogP contribution < -0.4 is 16.0 Å². The van der Waals surface area contributed by atoms with Gasteiger partial charge in [0.25, 0.3) is 0 Å². The lowest BCUT2D eigenvalue weighted by atomic mass is 9.95. The molecule has 0 fully saturated rings. The number of carbonyl (C=O) groups is 1. The van der Waals surface area contributed by atoms with Crippen molar-refractivity contribution in [2.75, 3.05) is 11.9 Å². The highest BCUT2D eigenvalue weighted by Crippen LogP contribution is 2.42. The van der Waals surface area contributed by atoms with Crippen molar-refractivity contribution in [3.05, 3.63) is 44.0 Å². The minimum absolute atomic E-state index is 0.174. The summed E-state index contributed by atoms with van der Waals surface area (Å²) in [5, 5.41) is 12.6. The highest BCUT2D eigenvalue weighted by molar-refractivity contribution is 7.16. The number of rotatable bonds is 5. The van der Waals surface area contributed by atoms with Crippen molar-refractivity contribution >= 4 is 39.5 Å². The second-order valence-electron chi connectivity index (χ2n) is 8.95. The Balaban J connectivity index is 1.48. The maximum atomic E-state index is 12.8. The van der Waals surface area contributed by atoms with Crippen molar-refractivity contribution in [1.82, 2.24) is 10.6 Å². The predicted molar refractivity (Wildman–Crippen MR) is 126 cm³/mol. The van der Waals surface area contributed by atoms with E-state index in [1.54, 1.807) is 22.7 Å². The minimum atomic E-state index is -0.326. The summed E-state index contributed by atoms with van der Waals surface area (Å²) in [7, 11) is 0. The second kappa shape index (κ2) is 8.73. The average Bonchev–Trinajstić information content (AvgIpc) is 3.26. The first-order valence-corrected chi connectivity index (χ1v) is 12.4. The van der Waals surface area contributed by atoms with Crippen LogP contribution in [-0.4, -0.2) is 18.2 Å². The van der Waals surface area contributed by atoms with Gasteiger partial charge in [-0.3, -0.25) is 5.32 Å². The van der Waals surface area contributed by atoms with Crippen LogP contribution in [0.5, 0.6) is 0 Å². The first kappa shape index (κ1) is 21.4. The fourth-order valence-electron chi connectivity index (χ4n) is 4.17. The number of urea groups is 1. The van der Waals surface area contributed by atoms with Crippen LogP contribution in [0.25, 0.3) is 5.76 Å². The molecule has 30 heavy (non-hydrogen) atoms. The van der Waals surface area contributed by atoms with Crippen LogP contribution in [0.4, 0.5) is 9.80 Å². The molecule has 3 heterocycles. The summed E-state index contributed by atoms with van der Waals surface area (Å²) < 4.78 is 6.09. The highest BCUT2D eigenvalue weighted by Gasteiger charge is 2.26. The normalized spacial score (nSPS) is 15.8. The Hall–Kier alpha value is -1.83. The number of thiophene rings is 2. The summed E-state index contributed by atoms with van der Waals surface area (Å²) in [6.45, 7) is 12.8. The Morgan fingerprint density at radius 2 is 2.00 bits per heavy atom. The van der Waals surface area contributed by atoms with Crippen LogP contribution in [0.3, 0.4) is 0 Å². The molecule has 162 valence electrons. The van der Waals surface area contributed by atoms with Gasteiger partial charge in [-0.25, -0.2) is 4.79 Å². The summed E-state index contributed by atoms with van der Waals surface area (Å²) in [6, 6.07) is -0.174. The Bertz CT molecular complexity index is 953. The standard InChI is InChI=1S/C23H31N3O2S2/c1-14(28-23(2,3)4)20-17-7-5-6-8-18(17)30-21(20)26-22(27)25-11-15-13-29-19-12-24-10-9-16(15)19/h13,24H,1,5-12H2,2-4H3,(H2,25,26,27). The van der Waals surface area contributed by atoms with Crippen molar-refractivity contribution in [2.24, 2.45) is 0 Å². The number of hydrogen-bond acceptors (Lipinski definition) is 5. The number of aryl methyl sites for hydroxylation is 1. The number of fused-ring (bicyclic) bond motifs is 2. The van der Waals surface area contributed by atoms with Crippen molar-refractivity contribution in [3.8, 4) is 0 Å². The predicted octanol–water partition coefficient (Wildman–Crippen LogP) is 5.44. The summed E-state index contributed by atoms with van der Waals surface area (Å²) in [6.07, 6.45) is 5.48. The molecule has 3 N–H and O–H groups in total. The molecule has 5 nitrogen and oxygen atoms in total. The molecule has 2 aliphatic rings. The number of anilines is 1. The van der Waals surface area contributed by atoms with E-state index in [1.807, 2.05) is 20.8 Å². The molecule has 4 rings (SSSR count). The molecule has 7 heteroatoms. The highest BCUT2D eigenvalue weighted by atomic mass is 32.1. The van der Waals surface area contributed by atoms with E-state index in [9.17, 15) is 4.79 Å². The van der Waals surface area contributed by atoms with Crippen LogP contribution in [0.1, 0.15) is 65.6 Å². The number of ether oxygens (including phenoxy) is 1. The smallest absolute Gasteiger partial charge is 0.320 e. The molecule has 0 unspecified atom stereocenters. The maximum absolute atomic E-state index is 12.8. The summed E-state index contributed by atoms with van der Waals surface area (Å²) in [5.74, 6) is 0.650. The lowest BCUT2D eigenvalue weighted by molar-refractivity contribution is 0.0976. The Morgan fingerprint density at radius 1 is 1.20 bits per heavy atom. The van der Waals surface area contributed by atoms with E-state index < -0.39 is 0 Å². The average molecular weight is 446 g/mol. The molecule has 0 aromatic carbocycles. The third-order valence-electron chi connectivity index (χ3n) is 5.45. The Morgan fingerprint density at radius 3 is 2.80 bits per heavy atom. The Labute approximate surface area is 186 Å². The monoisotopic (exact) mass is 445 g/mol. The number of carbonyl (C=O) groups excluding carboxylic acids is 1. The van der Waals surface area contributed by atoms with Gasteiger partial charge in [0.05, 0.1) is 5.56 Å². The number of hydrogen-bond donors (Lipinski definition) is 3. The largest absolute Gasteiger partial charge is 0.488 e. The van der Waals surface area contributed by atoms with E-state index in [1.165, 1.54) is 39.3 Å². The molecule has 2 amide bonds. The van der Waals surface area contributed by atoms with E-state index in [2.05, 4.69) is 27.9 Å². The first-order chi connectivity index (χ1) is 14.3. The van der Waals surface area contributed by atoms with Crippen LogP contribution in [0, 0.1) is 0 Å². The molecule has 0 saturated carbocycles. The van der Waals surface area contributed by atoms with E-state index >= 15 is 0 Å². The van der Waals surface area contributed by atoms with Crippen LogP contribution in [0.2, 0.25) is 0 Å². The number of amides is 2. The molecule has 2 aromatic heterocycles. The van der Waals surface area contributed by atoms with Crippen LogP contribution >= 0.6 is 22.7 Å². The van der Waals surface area contributed by atoms with Gasteiger partial charge in [-0.1, -0.05) is 6.58 Å². The van der Waals surface area contributed by atoms with Crippen molar-refractivity contribution < 1.29 is 9.53 Å². The molecule has 1 aliphatic heterocycles. The topological polar surface area (TPSA) is 62.4 Å². The second-order valence-corrected chi connectivity index (χ2v) is 11.0. The van der Waals surface area contributed by atoms with Gasteiger partial charge in [-0.15, -0.1) is 22.7 Å². The molecular weight excluding hydrogens is 414 g/mol. The fourth-order valence-corrected chi connectivity index (χ4v) is 6.54. The Kier molecular flexibility index (Phi) is 6.23. The molecule has 2 aromatic rings. The van der Waals surface area contributed by atoms with E-state index in [4.69, 9.17) is 4.74 Å². The minimum Gasteiger partial charge on any atom is -0.488 e. The molecular formula is C23H31N3O2S2. The van der Waals surface area contributed by atoms with Gasteiger partial charge in [-0.05, 0) is 81.5 Å². The summed E-state index contributed by atoms with van der Waals surface area (Å²) in [4.78, 5) is 15.5. The molecule has 0 atom stereocenters. The van der Waals surface area contributed by atoms with Crippen molar-refractivity contribution in [2.45, 2.75) is 71.6 Å². The zero-order valence-electron chi connectivity index (χ0n) is 18.1. The number of nitrogens with one attached hydrogen (secondary N) is 3. The van der Waals surface area contributed by atoms with E-state index in [0.29, 0.717) is 12.3 Å². The van der Waals surface area contributed by atoms with Gasteiger partial charge < -0.3 is 15.4 Å². The van der Waals surface area contributed by atoms with E-state index in [0.717, 1.165) is 42.9 Å². The van der Waals surface area contributed by atoms with Gasteiger partial charge in [0.15, 0.2) is 0 Å². The first-order valence-electron chi connectivity index (χ1n) is 10.7. The van der Waals surface area contributed by atoms with Crippen molar-refractivity contribution in [3.63, 3.8) is 0 Å². The third-order valence-corrected chi connectivity index (χ3v) is 7.74. The lowest BCUT2D eigenvalue weighted by Gasteiger charge is -2.24. The quantitative estimate of drug-likeness (QED) is 0.537. The molecule has 0 spiro atoms. The van der Waals surface area contributed by atoms with Crippen molar-refractivity contribution in [1.29, 1.82) is 0 Å². The molecule has 0 bridgehead atoms. The fraction of sp³-hybridized carbons (Fsp3) is 0.522.